The zero-order chi connectivity index (χ0) is 22.1. The van der Waals surface area contributed by atoms with E-state index in [0.717, 1.165) is 38.2 Å². The number of nitrogens with zero attached hydrogens (tertiary/aromatic N) is 6. The van der Waals surface area contributed by atoms with Gasteiger partial charge in [-0.2, -0.15) is 15.0 Å². The van der Waals surface area contributed by atoms with Gasteiger partial charge in [-0.15, -0.1) is 0 Å². The van der Waals surface area contributed by atoms with Gasteiger partial charge in [-0.3, -0.25) is 0 Å². The Balaban J connectivity index is 1.57. The van der Waals surface area contributed by atoms with Crippen LogP contribution >= 0.6 is 0 Å². The first-order valence-corrected chi connectivity index (χ1v) is 11.0. The van der Waals surface area contributed by atoms with Gasteiger partial charge in [-0.1, -0.05) is 36.4 Å². The van der Waals surface area contributed by atoms with Gasteiger partial charge in [0.15, 0.2) is 5.82 Å². The summed E-state index contributed by atoms with van der Waals surface area (Å²) in [6.07, 6.45) is 0.740. The molecule has 0 unspecified atom stereocenters. The molecular formula is C24H28N6O2. The summed E-state index contributed by atoms with van der Waals surface area (Å²) in [4.78, 5) is 21.0. The second-order valence-electron chi connectivity index (χ2n) is 8.54. The first-order valence-electron chi connectivity index (χ1n) is 11.0. The Bertz CT molecular complexity index is 1100. The molecule has 0 amide bonds. The zero-order valence-corrected chi connectivity index (χ0v) is 18.2. The van der Waals surface area contributed by atoms with E-state index in [1.807, 2.05) is 18.2 Å². The van der Waals surface area contributed by atoms with E-state index < -0.39 is 0 Å². The van der Waals surface area contributed by atoms with E-state index in [1.165, 1.54) is 11.1 Å². The Morgan fingerprint density at radius 3 is 2.41 bits per heavy atom. The predicted molar refractivity (Wildman–Crippen MR) is 124 cm³/mol. The summed E-state index contributed by atoms with van der Waals surface area (Å²) in [5, 5.41) is 20.2. The molecule has 1 atom stereocenters. The summed E-state index contributed by atoms with van der Waals surface area (Å²) in [6.45, 7) is 4.22. The van der Waals surface area contributed by atoms with E-state index in [9.17, 15) is 10.2 Å². The van der Waals surface area contributed by atoms with E-state index >= 15 is 0 Å². The van der Waals surface area contributed by atoms with Gasteiger partial charge in [0.1, 0.15) is 5.75 Å². The molecule has 8 nitrogen and oxygen atoms in total. The Morgan fingerprint density at radius 2 is 1.66 bits per heavy atom. The summed E-state index contributed by atoms with van der Waals surface area (Å²) >= 11 is 0. The van der Waals surface area contributed by atoms with Crippen molar-refractivity contribution in [3.63, 3.8) is 0 Å². The van der Waals surface area contributed by atoms with Crippen LogP contribution in [0.4, 0.5) is 11.9 Å². The molecule has 2 aromatic carbocycles. The molecule has 0 spiro atoms. The molecule has 0 aliphatic carbocycles. The first-order chi connectivity index (χ1) is 15.6. The minimum absolute atomic E-state index is 0.0192. The monoisotopic (exact) mass is 432 g/mol. The molecule has 8 heteroatoms. The van der Waals surface area contributed by atoms with Gasteiger partial charge in [-0.05, 0) is 36.7 Å². The van der Waals surface area contributed by atoms with Crippen LogP contribution in [-0.2, 0) is 13.0 Å². The molecule has 0 radical (unpaired) electrons. The number of aliphatic hydroxyl groups is 1. The molecule has 2 N–H and O–H groups in total. The third-order valence-electron chi connectivity index (χ3n) is 6.33. The Morgan fingerprint density at radius 1 is 0.906 bits per heavy atom. The minimum atomic E-state index is -0.107. The van der Waals surface area contributed by atoms with Crippen molar-refractivity contribution in [3.8, 4) is 17.1 Å². The normalized spacial score (nSPS) is 19.1. The number of phenolic OH excluding ortho intramolecular Hbond substituents is 1. The van der Waals surface area contributed by atoms with Crippen LogP contribution in [0.2, 0.25) is 0 Å². The highest BCUT2D eigenvalue weighted by Crippen LogP contribution is 2.30. The number of piperazine rings is 1. The maximum atomic E-state index is 10.2. The lowest BCUT2D eigenvalue weighted by Gasteiger charge is -2.37. The van der Waals surface area contributed by atoms with E-state index in [1.54, 1.807) is 18.2 Å². The van der Waals surface area contributed by atoms with Crippen LogP contribution in [-0.4, -0.2) is 75.9 Å². The van der Waals surface area contributed by atoms with Crippen molar-refractivity contribution >= 4 is 11.9 Å². The summed E-state index contributed by atoms with van der Waals surface area (Å²) < 4.78 is 0. The fourth-order valence-electron chi connectivity index (χ4n) is 4.39. The number of phenols is 1. The minimum Gasteiger partial charge on any atom is -0.508 e. The van der Waals surface area contributed by atoms with Crippen LogP contribution in [0.25, 0.3) is 11.4 Å². The van der Waals surface area contributed by atoms with Crippen molar-refractivity contribution in [2.75, 3.05) is 49.6 Å². The van der Waals surface area contributed by atoms with Crippen molar-refractivity contribution < 1.29 is 10.2 Å². The average molecular weight is 433 g/mol. The molecular weight excluding hydrogens is 404 g/mol. The summed E-state index contributed by atoms with van der Waals surface area (Å²) in [6, 6.07) is 15.2. The van der Waals surface area contributed by atoms with Gasteiger partial charge in [0.2, 0.25) is 11.9 Å². The molecule has 2 aliphatic rings. The van der Waals surface area contributed by atoms with Gasteiger partial charge >= 0.3 is 0 Å². The highest BCUT2D eigenvalue weighted by molar-refractivity contribution is 5.61. The lowest BCUT2D eigenvalue weighted by atomic mass is 9.94. The molecule has 3 heterocycles. The highest BCUT2D eigenvalue weighted by Gasteiger charge is 2.29. The molecule has 32 heavy (non-hydrogen) atoms. The lowest BCUT2D eigenvalue weighted by molar-refractivity contribution is 0.252. The lowest BCUT2D eigenvalue weighted by Crippen LogP contribution is -2.46. The summed E-state index contributed by atoms with van der Waals surface area (Å²) in [5.74, 6) is 1.89. The van der Waals surface area contributed by atoms with Crippen molar-refractivity contribution in [1.82, 2.24) is 19.9 Å². The van der Waals surface area contributed by atoms with Crippen molar-refractivity contribution in [1.29, 1.82) is 0 Å². The average Bonchev–Trinajstić information content (AvgIpc) is 2.83. The number of aromatic nitrogens is 3. The first kappa shape index (κ1) is 20.7. The van der Waals surface area contributed by atoms with Crippen LogP contribution in [0, 0.1) is 0 Å². The van der Waals surface area contributed by atoms with Crippen LogP contribution in [0.15, 0.2) is 48.5 Å². The number of fused-ring (bicyclic) bond motifs is 1. The van der Waals surface area contributed by atoms with Crippen molar-refractivity contribution in [3.05, 3.63) is 59.7 Å². The fourth-order valence-corrected chi connectivity index (χ4v) is 4.39. The van der Waals surface area contributed by atoms with Crippen LogP contribution < -0.4 is 9.80 Å². The molecule has 1 fully saturated rings. The summed E-state index contributed by atoms with van der Waals surface area (Å²) in [5.41, 5.74) is 3.21. The van der Waals surface area contributed by atoms with Gasteiger partial charge in [0.25, 0.3) is 0 Å². The predicted octanol–water partition coefficient (Wildman–Crippen LogP) is 1.92. The van der Waals surface area contributed by atoms with E-state index in [-0.39, 0.29) is 18.4 Å². The second-order valence-corrected chi connectivity index (χ2v) is 8.54. The Hall–Kier alpha value is -3.23. The number of anilines is 2. The molecule has 1 aromatic heterocycles. The maximum Gasteiger partial charge on any atom is 0.231 e. The number of hydrogen-bond donors (Lipinski definition) is 2. The number of benzene rings is 2. The van der Waals surface area contributed by atoms with Crippen molar-refractivity contribution in [2.45, 2.75) is 19.0 Å². The van der Waals surface area contributed by atoms with Crippen LogP contribution in [0.5, 0.6) is 5.75 Å². The molecule has 3 aromatic rings. The van der Waals surface area contributed by atoms with Crippen LogP contribution in [0.1, 0.15) is 11.1 Å². The van der Waals surface area contributed by atoms with Gasteiger partial charge in [0.05, 0.1) is 12.6 Å². The summed E-state index contributed by atoms with van der Waals surface area (Å²) in [7, 11) is 2.12. The molecule has 2 aliphatic heterocycles. The third-order valence-corrected chi connectivity index (χ3v) is 6.33. The third kappa shape index (κ3) is 4.11. The van der Waals surface area contributed by atoms with Gasteiger partial charge in [-0.25, -0.2) is 0 Å². The Labute approximate surface area is 187 Å². The Kier molecular flexibility index (Phi) is 5.63. The SMILES string of the molecule is CN1CCN(c2nc(-c3cccc(O)c3)nc(N3Cc4ccccc4C[C@H]3CO)n2)CC1. The van der Waals surface area contributed by atoms with Gasteiger partial charge < -0.3 is 24.9 Å². The second kappa shape index (κ2) is 8.72. The molecule has 0 saturated carbocycles. The molecule has 166 valence electrons. The molecule has 5 rings (SSSR count). The van der Waals surface area contributed by atoms with E-state index in [2.05, 4.69) is 33.9 Å². The number of aromatic hydroxyl groups is 1. The number of rotatable bonds is 4. The number of aliphatic hydroxyl groups excluding tert-OH is 1. The fraction of sp³-hybridized carbons (Fsp3) is 0.375. The number of hydrogen-bond acceptors (Lipinski definition) is 8. The molecule has 1 saturated heterocycles. The van der Waals surface area contributed by atoms with E-state index in [4.69, 9.17) is 15.0 Å². The topological polar surface area (TPSA) is 88.9 Å². The van der Waals surface area contributed by atoms with Gasteiger partial charge in [0, 0.05) is 38.3 Å². The van der Waals surface area contributed by atoms with E-state index in [0.29, 0.717) is 24.3 Å². The molecule has 0 bridgehead atoms. The smallest absolute Gasteiger partial charge is 0.231 e. The quantitative estimate of drug-likeness (QED) is 0.647. The van der Waals surface area contributed by atoms with Crippen molar-refractivity contribution in [2.24, 2.45) is 0 Å². The van der Waals surface area contributed by atoms with Crippen LogP contribution in [0.3, 0.4) is 0 Å². The number of likely N-dealkylation sites (N-methyl/N-ethyl adjacent to an activating group) is 1. The maximum absolute atomic E-state index is 10.2. The standard InChI is InChI=1S/C24H28N6O2/c1-28-9-11-29(12-10-28)23-25-22(18-7-4-8-21(32)14-18)26-24(27-23)30-15-19-6-3-2-5-17(19)13-20(30)16-31/h2-8,14,20,31-32H,9-13,15-16H2,1H3/t20-/m0/s1. The zero-order valence-electron chi connectivity index (χ0n) is 18.2. The highest BCUT2D eigenvalue weighted by atomic mass is 16.3. The largest absolute Gasteiger partial charge is 0.508 e.